The molecule has 0 aliphatic carbocycles. The van der Waals surface area contributed by atoms with Gasteiger partial charge >= 0.3 is 17.9 Å². The van der Waals surface area contributed by atoms with Crippen molar-refractivity contribution in [2.45, 2.75) is 141 Å². The summed E-state index contributed by atoms with van der Waals surface area (Å²) in [5.74, 6) is -4.13. The normalized spacial score (nSPS) is 12.4. The SMILES string of the molecule is CCC[C@H](NC)C(=O)CC[C@@H](CCCCNC(=O)COCCOCCNC(=O)COCCOCCCC(=O)CC[C@H](NC(=O)CCCCCCCCCOc1ccc(C(=O)O)cc1)C(=O)O)C(=O)O. The van der Waals surface area contributed by atoms with Gasteiger partial charge in [0, 0.05) is 45.4 Å². The molecule has 20 nitrogen and oxygen atoms in total. The number of Topliss-reactive ketones (excluding diaryl/α,β-unsaturated/α-hetero) is 2. The van der Waals surface area contributed by atoms with Gasteiger partial charge in [0.1, 0.15) is 36.6 Å². The zero-order valence-electron chi connectivity index (χ0n) is 40.9. The minimum Gasteiger partial charge on any atom is -0.494 e. The predicted octanol–water partition coefficient (Wildman–Crippen LogP) is 4.49. The molecule has 0 aliphatic rings. The van der Waals surface area contributed by atoms with Crippen LogP contribution >= 0.6 is 0 Å². The Morgan fingerprint density at radius 1 is 0.522 bits per heavy atom. The van der Waals surface area contributed by atoms with Crippen LogP contribution in [0.25, 0.3) is 0 Å². The highest BCUT2D eigenvalue weighted by Gasteiger charge is 2.23. The first-order chi connectivity index (χ1) is 33.3. The molecule has 1 aromatic rings. The molecule has 0 unspecified atom stereocenters. The summed E-state index contributed by atoms with van der Waals surface area (Å²) in [5.41, 5.74) is 0.213. The fourth-order valence-corrected chi connectivity index (χ4v) is 7.00. The lowest BCUT2D eigenvalue weighted by molar-refractivity contribution is -0.143. The zero-order chi connectivity index (χ0) is 50.9. The Hall–Kier alpha value is -5.02. The van der Waals surface area contributed by atoms with Gasteiger partial charge in [-0.2, -0.15) is 0 Å². The number of hydrogen-bond acceptors (Lipinski definition) is 14. The molecule has 7 N–H and O–H groups in total. The number of aliphatic carboxylic acids is 2. The Morgan fingerprint density at radius 3 is 1.74 bits per heavy atom. The number of aromatic carboxylic acids is 1. The number of carbonyl (C=O) groups excluding carboxylic acids is 5. The van der Waals surface area contributed by atoms with Gasteiger partial charge in [0.05, 0.1) is 57.2 Å². The van der Waals surface area contributed by atoms with Gasteiger partial charge in [-0.3, -0.25) is 28.8 Å². The Labute approximate surface area is 407 Å². The highest BCUT2D eigenvalue weighted by atomic mass is 16.5. The molecular formula is C49H80N4O16. The smallest absolute Gasteiger partial charge is 0.335 e. The second-order valence-electron chi connectivity index (χ2n) is 16.7. The van der Waals surface area contributed by atoms with Crippen LogP contribution in [0.15, 0.2) is 24.3 Å². The number of unbranched alkanes of at least 4 members (excludes halogenated alkanes) is 7. The molecule has 0 saturated heterocycles. The lowest BCUT2D eigenvalue weighted by Gasteiger charge is -2.16. The quantitative estimate of drug-likeness (QED) is 0.0443. The average molecular weight is 981 g/mol. The largest absolute Gasteiger partial charge is 0.494 e. The molecule has 1 rings (SSSR count). The number of carboxylic acid groups (broad SMARTS) is 3. The Bertz CT molecular complexity index is 1630. The third kappa shape index (κ3) is 34.0. The second-order valence-corrected chi connectivity index (χ2v) is 16.7. The topological polar surface area (TPSA) is 292 Å². The summed E-state index contributed by atoms with van der Waals surface area (Å²) in [5, 5.41) is 38.9. The molecule has 69 heavy (non-hydrogen) atoms. The van der Waals surface area contributed by atoms with Crippen molar-refractivity contribution in [3.05, 3.63) is 29.8 Å². The van der Waals surface area contributed by atoms with Crippen LogP contribution < -0.4 is 26.0 Å². The standard InChI is InChI=1S/C49H80N4O16/c1-3-14-41(50-2)43(55)25-20-37(47(59)60)15-10-11-26-51-45(57)35-68-34-32-66-30-27-52-46(58)36-67-33-31-65-28-13-16-39(54)21-24-42(49(63)64)53-44(56)17-9-7-5-4-6-8-12-29-69-40-22-18-38(19-23-40)48(61)62/h18-19,22-23,37,41-42,50H,3-17,20-21,24-36H2,1-2H3,(H,51,57)(H,52,58)(H,53,56)(H,59,60)(H,61,62)(H,63,64)/t37-,41+,42+/m1/s1. The molecule has 0 spiro atoms. The number of likely N-dealkylation sites (N-methyl/N-ethyl adjacent to an activating group) is 1. The predicted molar refractivity (Wildman–Crippen MR) is 255 cm³/mol. The van der Waals surface area contributed by atoms with Gasteiger partial charge < -0.3 is 60.3 Å². The molecule has 3 amide bonds. The number of amides is 3. The third-order valence-electron chi connectivity index (χ3n) is 11.0. The van der Waals surface area contributed by atoms with Crippen LogP contribution in [0, 0.1) is 5.92 Å². The summed E-state index contributed by atoms with van der Waals surface area (Å²) in [6.45, 7) is 4.15. The van der Waals surface area contributed by atoms with Gasteiger partial charge in [-0.05, 0) is 82.7 Å². The van der Waals surface area contributed by atoms with E-state index in [1.807, 2.05) is 6.92 Å². The van der Waals surface area contributed by atoms with Crippen molar-refractivity contribution in [2.75, 3.05) is 79.6 Å². The van der Waals surface area contributed by atoms with Gasteiger partial charge in [0.25, 0.3) is 0 Å². The molecule has 1 aromatic carbocycles. The van der Waals surface area contributed by atoms with Crippen LogP contribution in [0.1, 0.15) is 139 Å². The number of carboxylic acids is 3. The van der Waals surface area contributed by atoms with Gasteiger partial charge in [0.15, 0.2) is 0 Å². The molecule has 3 atom stereocenters. The van der Waals surface area contributed by atoms with Crippen molar-refractivity contribution in [1.82, 2.24) is 21.3 Å². The zero-order valence-corrected chi connectivity index (χ0v) is 40.9. The fraction of sp³-hybridized carbons (Fsp3) is 0.714. The fourth-order valence-electron chi connectivity index (χ4n) is 7.00. The van der Waals surface area contributed by atoms with E-state index in [1.165, 1.54) is 12.1 Å². The van der Waals surface area contributed by atoms with Crippen molar-refractivity contribution in [2.24, 2.45) is 5.92 Å². The summed E-state index contributed by atoms with van der Waals surface area (Å²) in [7, 11) is 1.73. The summed E-state index contributed by atoms with van der Waals surface area (Å²) in [6.07, 6.45) is 10.9. The summed E-state index contributed by atoms with van der Waals surface area (Å²) in [6, 6.07) is 4.91. The van der Waals surface area contributed by atoms with E-state index in [1.54, 1.807) is 19.2 Å². The van der Waals surface area contributed by atoms with Crippen molar-refractivity contribution >= 4 is 47.2 Å². The molecule has 0 radical (unpaired) electrons. The molecule has 0 heterocycles. The van der Waals surface area contributed by atoms with Crippen LogP contribution in [0.4, 0.5) is 0 Å². The first kappa shape index (κ1) is 62.0. The number of nitrogens with one attached hydrogen (secondary N) is 4. The monoisotopic (exact) mass is 981 g/mol. The maximum Gasteiger partial charge on any atom is 0.335 e. The first-order valence-corrected chi connectivity index (χ1v) is 24.5. The molecule has 0 saturated carbocycles. The molecular weight excluding hydrogens is 901 g/mol. The second kappa shape index (κ2) is 40.8. The summed E-state index contributed by atoms with van der Waals surface area (Å²) >= 11 is 0. The van der Waals surface area contributed by atoms with Crippen LogP contribution in [-0.4, -0.2) is 154 Å². The van der Waals surface area contributed by atoms with Crippen LogP contribution in [0.5, 0.6) is 5.75 Å². The Kier molecular flexibility index (Phi) is 36.7. The van der Waals surface area contributed by atoms with E-state index < -0.39 is 29.9 Å². The maximum atomic E-state index is 12.4. The minimum absolute atomic E-state index is 0.00299. The molecule has 0 aromatic heterocycles. The van der Waals surface area contributed by atoms with Gasteiger partial charge in [-0.1, -0.05) is 51.9 Å². The van der Waals surface area contributed by atoms with Crippen molar-refractivity contribution in [3.63, 3.8) is 0 Å². The van der Waals surface area contributed by atoms with E-state index in [4.69, 9.17) is 28.8 Å². The number of ether oxygens (including phenoxy) is 5. The highest BCUT2D eigenvalue weighted by molar-refractivity contribution is 5.88. The first-order valence-electron chi connectivity index (χ1n) is 24.5. The summed E-state index contributed by atoms with van der Waals surface area (Å²) in [4.78, 5) is 95.3. The van der Waals surface area contributed by atoms with E-state index >= 15 is 0 Å². The molecule has 0 bridgehead atoms. The van der Waals surface area contributed by atoms with Crippen LogP contribution in [0.2, 0.25) is 0 Å². The van der Waals surface area contributed by atoms with Crippen LogP contribution in [0.3, 0.4) is 0 Å². The van der Waals surface area contributed by atoms with Crippen LogP contribution in [-0.2, 0) is 52.5 Å². The van der Waals surface area contributed by atoms with E-state index in [0.29, 0.717) is 57.4 Å². The molecule has 0 aliphatic heterocycles. The van der Waals surface area contributed by atoms with E-state index in [2.05, 4.69) is 21.3 Å². The Morgan fingerprint density at radius 2 is 1.13 bits per heavy atom. The number of ketones is 2. The third-order valence-corrected chi connectivity index (χ3v) is 11.0. The number of rotatable bonds is 47. The lowest BCUT2D eigenvalue weighted by atomic mass is 9.93. The molecule has 392 valence electrons. The van der Waals surface area contributed by atoms with Gasteiger partial charge in [-0.15, -0.1) is 0 Å². The van der Waals surface area contributed by atoms with Gasteiger partial charge in [-0.25, -0.2) is 9.59 Å². The molecule has 20 heteroatoms. The van der Waals surface area contributed by atoms with Crippen molar-refractivity contribution in [3.8, 4) is 5.75 Å². The Balaban J connectivity index is 1.96. The van der Waals surface area contributed by atoms with Crippen molar-refractivity contribution < 1.29 is 77.4 Å². The highest BCUT2D eigenvalue weighted by Crippen LogP contribution is 2.18. The van der Waals surface area contributed by atoms with Crippen molar-refractivity contribution in [1.29, 1.82) is 0 Å². The number of carbonyl (C=O) groups is 8. The average Bonchev–Trinajstić information content (AvgIpc) is 3.32. The number of benzene rings is 1. The van der Waals surface area contributed by atoms with E-state index in [9.17, 15) is 48.6 Å². The lowest BCUT2D eigenvalue weighted by Crippen LogP contribution is -2.41. The van der Waals surface area contributed by atoms with E-state index in [-0.39, 0.29) is 132 Å². The van der Waals surface area contributed by atoms with Gasteiger partial charge in [0.2, 0.25) is 17.7 Å². The number of hydrogen-bond donors (Lipinski definition) is 7. The molecule has 0 fully saturated rings. The maximum absolute atomic E-state index is 12.4. The van der Waals surface area contributed by atoms with E-state index in [0.717, 1.165) is 51.4 Å². The minimum atomic E-state index is -1.19. The summed E-state index contributed by atoms with van der Waals surface area (Å²) < 4.78 is 27.1.